The van der Waals surface area contributed by atoms with Crippen molar-refractivity contribution in [2.24, 2.45) is 0 Å². The van der Waals surface area contributed by atoms with Crippen molar-refractivity contribution in [2.45, 2.75) is 62.8 Å². The molecule has 2 aliphatic rings. The van der Waals surface area contributed by atoms with E-state index in [1.54, 1.807) is 14.2 Å². The number of hydrogen-bond donors (Lipinski definition) is 1. The summed E-state index contributed by atoms with van der Waals surface area (Å²) in [5.74, 6) is 0. The van der Waals surface area contributed by atoms with E-state index in [4.69, 9.17) is 14.2 Å². The quantitative estimate of drug-likeness (QED) is 0.770. The number of rotatable bonds is 7. The third-order valence-corrected chi connectivity index (χ3v) is 4.53. The lowest BCUT2D eigenvalue weighted by Gasteiger charge is -2.33. The zero-order chi connectivity index (χ0) is 13.6. The van der Waals surface area contributed by atoms with Crippen LogP contribution in [0.2, 0.25) is 0 Å². The van der Waals surface area contributed by atoms with E-state index in [0.717, 1.165) is 13.1 Å². The average molecular weight is 271 g/mol. The van der Waals surface area contributed by atoms with E-state index in [1.807, 2.05) is 0 Å². The van der Waals surface area contributed by atoms with Crippen LogP contribution < -0.4 is 5.32 Å². The summed E-state index contributed by atoms with van der Waals surface area (Å²) in [4.78, 5) is 0. The van der Waals surface area contributed by atoms with Crippen LogP contribution in [0.4, 0.5) is 0 Å². The maximum absolute atomic E-state index is 6.33. The molecule has 19 heavy (non-hydrogen) atoms. The number of nitrogens with one attached hydrogen (secondary N) is 1. The summed E-state index contributed by atoms with van der Waals surface area (Å²) in [6.45, 7) is 2.40. The molecule has 1 saturated heterocycles. The molecule has 0 aromatic heterocycles. The van der Waals surface area contributed by atoms with Crippen LogP contribution in [0.1, 0.15) is 44.9 Å². The van der Waals surface area contributed by atoms with E-state index in [2.05, 4.69) is 5.32 Å². The Labute approximate surface area is 117 Å². The Bertz CT molecular complexity index is 254. The van der Waals surface area contributed by atoms with Gasteiger partial charge in [0.1, 0.15) is 0 Å². The van der Waals surface area contributed by atoms with Crippen LogP contribution in [0.25, 0.3) is 0 Å². The lowest BCUT2D eigenvalue weighted by molar-refractivity contribution is -0.0633. The van der Waals surface area contributed by atoms with Crippen molar-refractivity contribution in [1.82, 2.24) is 5.32 Å². The van der Waals surface area contributed by atoms with Gasteiger partial charge in [-0.05, 0) is 25.7 Å². The van der Waals surface area contributed by atoms with E-state index in [1.165, 1.54) is 44.9 Å². The highest BCUT2D eigenvalue weighted by Crippen LogP contribution is 2.41. The first-order valence-electron chi connectivity index (χ1n) is 7.68. The Morgan fingerprint density at radius 2 is 2.00 bits per heavy atom. The van der Waals surface area contributed by atoms with Gasteiger partial charge < -0.3 is 19.5 Å². The third kappa shape index (κ3) is 4.42. The number of hydrogen-bond acceptors (Lipinski definition) is 4. The topological polar surface area (TPSA) is 39.7 Å². The number of methoxy groups -OCH3 is 2. The molecular formula is C15H29NO3. The van der Waals surface area contributed by atoms with Crippen molar-refractivity contribution in [3.8, 4) is 0 Å². The second-order valence-electron chi connectivity index (χ2n) is 5.99. The van der Waals surface area contributed by atoms with Gasteiger partial charge in [-0.2, -0.15) is 0 Å². The molecule has 4 nitrogen and oxygen atoms in total. The van der Waals surface area contributed by atoms with Crippen LogP contribution in [0.15, 0.2) is 0 Å². The number of ether oxygens (including phenoxy) is 3. The molecule has 2 atom stereocenters. The van der Waals surface area contributed by atoms with Crippen molar-refractivity contribution < 1.29 is 14.2 Å². The van der Waals surface area contributed by atoms with Gasteiger partial charge in [-0.15, -0.1) is 0 Å². The van der Waals surface area contributed by atoms with E-state index in [9.17, 15) is 0 Å². The van der Waals surface area contributed by atoms with Gasteiger partial charge in [0.25, 0.3) is 0 Å². The molecule has 0 aromatic rings. The van der Waals surface area contributed by atoms with Gasteiger partial charge in [0.05, 0.1) is 24.4 Å². The zero-order valence-corrected chi connectivity index (χ0v) is 12.5. The fraction of sp³-hybridized carbons (Fsp3) is 1.00. The molecule has 1 saturated carbocycles. The first-order chi connectivity index (χ1) is 9.28. The molecule has 2 unspecified atom stereocenters. The van der Waals surface area contributed by atoms with Gasteiger partial charge >= 0.3 is 0 Å². The third-order valence-electron chi connectivity index (χ3n) is 4.53. The van der Waals surface area contributed by atoms with E-state index in [-0.39, 0.29) is 11.7 Å². The van der Waals surface area contributed by atoms with Crippen LogP contribution in [0, 0.1) is 0 Å². The van der Waals surface area contributed by atoms with Crippen LogP contribution in [-0.2, 0) is 14.2 Å². The zero-order valence-electron chi connectivity index (χ0n) is 12.5. The average Bonchev–Trinajstić information content (AvgIpc) is 2.81. The van der Waals surface area contributed by atoms with Gasteiger partial charge in [-0.3, -0.25) is 0 Å². The molecule has 1 N–H and O–H groups in total. The van der Waals surface area contributed by atoms with Crippen molar-refractivity contribution in [1.29, 1.82) is 0 Å². The van der Waals surface area contributed by atoms with E-state index < -0.39 is 0 Å². The smallest absolute Gasteiger partial charge is 0.0928 e. The van der Waals surface area contributed by atoms with Gasteiger partial charge in [-0.25, -0.2) is 0 Å². The summed E-state index contributed by atoms with van der Waals surface area (Å²) in [6.07, 6.45) is 9.61. The highest BCUT2D eigenvalue weighted by atomic mass is 16.5. The van der Waals surface area contributed by atoms with Crippen LogP contribution in [0.5, 0.6) is 0 Å². The monoisotopic (exact) mass is 271 g/mol. The van der Waals surface area contributed by atoms with Crippen molar-refractivity contribution in [2.75, 3.05) is 33.9 Å². The first-order valence-corrected chi connectivity index (χ1v) is 7.68. The molecule has 1 spiro atoms. The summed E-state index contributed by atoms with van der Waals surface area (Å²) in [6, 6.07) is 0. The Morgan fingerprint density at radius 1 is 1.21 bits per heavy atom. The predicted octanol–water partition coefficient (Wildman–Crippen LogP) is 2.12. The fourth-order valence-electron chi connectivity index (χ4n) is 3.40. The summed E-state index contributed by atoms with van der Waals surface area (Å²) in [7, 11) is 3.44. The Hall–Kier alpha value is -0.160. The molecular weight excluding hydrogens is 242 g/mol. The summed E-state index contributed by atoms with van der Waals surface area (Å²) in [5, 5.41) is 3.46. The first kappa shape index (κ1) is 15.2. The minimum Gasteiger partial charge on any atom is -0.382 e. The molecule has 1 heterocycles. The van der Waals surface area contributed by atoms with Crippen LogP contribution >= 0.6 is 0 Å². The Balaban J connectivity index is 1.64. The molecule has 0 radical (unpaired) electrons. The normalized spacial score (nSPS) is 27.8. The largest absolute Gasteiger partial charge is 0.382 e. The molecule has 1 aliphatic carbocycles. The van der Waals surface area contributed by atoms with E-state index >= 15 is 0 Å². The molecule has 1 aliphatic heterocycles. The van der Waals surface area contributed by atoms with Gasteiger partial charge in [0, 0.05) is 27.3 Å². The fourth-order valence-corrected chi connectivity index (χ4v) is 3.40. The highest BCUT2D eigenvalue weighted by Gasteiger charge is 2.40. The molecule has 4 heteroatoms. The molecule has 0 aromatic carbocycles. The lowest BCUT2D eigenvalue weighted by atomic mass is 9.83. The molecule has 2 rings (SSSR count). The molecule has 0 amide bonds. The van der Waals surface area contributed by atoms with Crippen molar-refractivity contribution in [3.05, 3.63) is 0 Å². The van der Waals surface area contributed by atoms with Gasteiger partial charge in [-0.1, -0.05) is 19.3 Å². The van der Waals surface area contributed by atoms with Gasteiger partial charge in [0.15, 0.2) is 0 Å². The molecule has 0 bridgehead atoms. The van der Waals surface area contributed by atoms with Crippen molar-refractivity contribution >= 4 is 0 Å². The highest BCUT2D eigenvalue weighted by molar-refractivity contribution is 4.91. The minimum absolute atomic E-state index is 0.134. The predicted molar refractivity (Wildman–Crippen MR) is 75.5 cm³/mol. The van der Waals surface area contributed by atoms with Gasteiger partial charge in [0.2, 0.25) is 0 Å². The Morgan fingerprint density at radius 3 is 2.68 bits per heavy atom. The van der Waals surface area contributed by atoms with Crippen molar-refractivity contribution in [3.63, 3.8) is 0 Å². The summed E-state index contributed by atoms with van der Waals surface area (Å²) >= 11 is 0. The van der Waals surface area contributed by atoms with E-state index in [0.29, 0.717) is 12.7 Å². The Kier molecular flexibility index (Phi) is 6.07. The summed E-state index contributed by atoms with van der Waals surface area (Å²) < 4.78 is 16.8. The van der Waals surface area contributed by atoms with Crippen LogP contribution in [-0.4, -0.2) is 51.7 Å². The van der Waals surface area contributed by atoms with Crippen LogP contribution in [0.3, 0.4) is 0 Å². The molecule has 112 valence electrons. The second kappa shape index (κ2) is 7.58. The molecule has 2 fully saturated rings. The maximum atomic E-state index is 6.33. The minimum atomic E-state index is 0.134. The maximum Gasteiger partial charge on any atom is 0.0928 e. The summed E-state index contributed by atoms with van der Waals surface area (Å²) in [5.41, 5.74) is 0.234. The second-order valence-corrected chi connectivity index (χ2v) is 5.99. The SMILES string of the molecule is COCC(CNCC1CCC2(CCCCC2)O1)OC. The standard InChI is InChI=1S/C15H29NO3/c1-17-12-14(18-2)11-16-10-13-6-9-15(19-13)7-4-3-5-8-15/h13-14,16H,3-12H2,1-2H3. The lowest BCUT2D eigenvalue weighted by Crippen LogP contribution is -2.38.